The predicted molar refractivity (Wildman–Crippen MR) is 103 cm³/mol. The van der Waals surface area contributed by atoms with Crippen molar-refractivity contribution >= 4 is 41.5 Å². The lowest BCUT2D eigenvalue weighted by molar-refractivity contribution is 0.146. The Hall–Kier alpha value is -0.730. The van der Waals surface area contributed by atoms with E-state index in [-0.39, 0.29) is 24.0 Å². The highest BCUT2D eigenvalue weighted by Crippen LogP contribution is 2.22. The van der Waals surface area contributed by atoms with Crippen molar-refractivity contribution in [3.8, 4) is 5.75 Å². The molecule has 0 aliphatic rings. The van der Waals surface area contributed by atoms with Gasteiger partial charge >= 0.3 is 0 Å². The van der Waals surface area contributed by atoms with Crippen LogP contribution in [0.25, 0.3) is 0 Å². The van der Waals surface area contributed by atoms with Crippen molar-refractivity contribution in [3.63, 3.8) is 0 Å². The van der Waals surface area contributed by atoms with Gasteiger partial charge in [-0.2, -0.15) is 0 Å². The third-order valence-corrected chi connectivity index (χ3v) is 3.25. The Labute approximate surface area is 154 Å². The molecule has 22 heavy (non-hydrogen) atoms. The summed E-state index contributed by atoms with van der Waals surface area (Å²) in [5.41, 5.74) is 6.83. The number of guanidine groups is 1. The van der Waals surface area contributed by atoms with Crippen molar-refractivity contribution in [2.24, 2.45) is 10.7 Å². The molecule has 0 aliphatic heterocycles. The van der Waals surface area contributed by atoms with Gasteiger partial charge in [0.05, 0.1) is 7.11 Å². The Morgan fingerprint density at radius 2 is 2.18 bits per heavy atom. The number of rotatable bonds is 9. The summed E-state index contributed by atoms with van der Waals surface area (Å²) in [6, 6.07) is 5.66. The fourth-order valence-corrected chi connectivity index (χ4v) is 2.01. The molecule has 3 N–H and O–H groups in total. The van der Waals surface area contributed by atoms with E-state index in [9.17, 15) is 0 Å². The topological polar surface area (TPSA) is 68.9 Å². The molecule has 0 bridgehead atoms. The zero-order valence-corrected chi connectivity index (χ0v) is 16.2. The van der Waals surface area contributed by atoms with Gasteiger partial charge in [0.1, 0.15) is 5.75 Å². The third kappa shape index (κ3) is 8.65. The van der Waals surface area contributed by atoms with Crippen molar-refractivity contribution in [1.82, 2.24) is 5.32 Å². The van der Waals surface area contributed by atoms with Gasteiger partial charge in [0.15, 0.2) is 5.96 Å². The molecule has 0 aliphatic carbocycles. The normalized spacial score (nSPS) is 11.0. The Morgan fingerprint density at radius 1 is 1.41 bits per heavy atom. The van der Waals surface area contributed by atoms with E-state index in [0.717, 1.165) is 37.4 Å². The molecule has 0 saturated heterocycles. The number of nitrogens with two attached hydrogens (primary N) is 1. The number of hydrogen-bond acceptors (Lipinski definition) is 3. The Bertz CT molecular complexity index is 458. The number of ether oxygens (including phenoxy) is 2. The van der Waals surface area contributed by atoms with E-state index < -0.39 is 0 Å². The molecule has 0 aromatic heterocycles. The molecular weight excluding hydrogens is 417 g/mol. The summed E-state index contributed by atoms with van der Waals surface area (Å²) in [6.07, 6.45) is 1.65. The standard InChI is InChI=1S/C15H24ClN3O2.HI/c1-3-21-10-4-8-18-15(17)19-9-7-12-5-6-13(20-2)11-14(12)16;/h5-6,11H,3-4,7-10H2,1-2H3,(H3,17,18,19);1H. The van der Waals surface area contributed by atoms with Crippen LogP contribution in [0.4, 0.5) is 0 Å². The van der Waals surface area contributed by atoms with Gasteiger partial charge in [0.25, 0.3) is 0 Å². The summed E-state index contributed by atoms with van der Waals surface area (Å²) >= 11 is 6.17. The average molecular weight is 442 g/mol. The Kier molecular flexibility index (Phi) is 12.4. The van der Waals surface area contributed by atoms with Crippen LogP contribution in [0.5, 0.6) is 5.75 Å². The highest BCUT2D eigenvalue weighted by Gasteiger charge is 2.02. The number of methoxy groups -OCH3 is 1. The summed E-state index contributed by atoms with van der Waals surface area (Å²) in [7, 11) is 1.62. The van der Waals surface area contributed by atoms with Gasteiger partial charge in [0.2, 0.25) is 0 Å². The van der Waals surface area contributed by atoms with Crippen molar-refractivity contribution in [2.45, 2.75) is 19.8 Å². The molecule has 1 rings (SSSR count). The van der Waals surface area contributed by atoms with Gasteiger partial charge in [-0.1, -0.05) is 17.7 Å². The van der Waals surface area contributed by atoms with E-state index >= 15 is 0 Å². The highest BCUT2D eigenvalue weighted by molar-refractivity contribution is 14.0. The molecule has 1 aromatic carbocycles. The van der Waals surface area contributed by atoms with Gasteiger partial charge in [-0.15, -0.1) is 24.0 Å². The average Bonchev–Trinajstić information content (AvgIpc) is 2.48. The lowest BCUT2D eigenvalue weighted by Gasteiger charge is -2.08. The largest absolute Gasteiger partial charge is 0.497 e. The molecule has 0 atom stereocenters. The van der Waals surface area contributed by atoms with Crippen LogP contribution >= 0.6 is 35.6 Å². The molecule has 0 saturated carbocycles. The quantitative estimate of drug-likeness (QED) is 0.268. The van der Waals surface area contributed by atoms with Gasteiger partial charge in [0, 0.05) is 31.3 Å². The summed E-state index contributed by atoms with van der Waals surface area (Å²) in [5, 5.41) is 3.77. The molecule has 126 valence electrons. The van der Waals surface area contributed by atoms with Gasteiger partial charge in [-0.05, 0) is 37.5 Å². The first-order valence-electron chi connectivity index (χ1n) is 7.11. The first-order valence-corrected chi connectivity index (χ1v) is 7.49. The van der Waals surface area contributed by atoms with E-state index in [1.165, 1.54) is 0 Å². The molecule has 0 amide bonds. The van der Waals surface area contributed by atoms with Gasteiger partial charge in [-0.25, -0.2) is 0 Å². The summed E-state index contributed by atoms with van der Waals surface area (Å²) in [4.78, 5) is 4.23. The lowest BCUT2D eigenvalue weighted by Crippen LogP contribution is -2.33. The molecule has 0 spiro atoms. The number of aliphatic imine (C=N–C) groups is 1. The fourth-order valence-electron chi connectivity index (χ4n) is 1.75. The maximum atomic E-state index is 6.17. The number of nitrogens with zero attached hydrogens (tertiary/aromatic N) is 1. The lowest BCUT2D eigenvalue weighted by atomic mass is 10.1. The summed E-state index contributed by atoms with van der Waals surface area (Å²) < 4.78 is 10.3. The Morgan fingerprint density at radius 3 is 2.82 bits per heavy atom. The molecule has 1 aromatic rings. The van der Waals surface area contributed by atoms with Crippen LogP contribution in [0.1, 0.15) is 18.9 Å². The van der Waals surface area contributed by atoms with Crippen LogP contribution in [-0.4, -0.2) is 39.4 Å². The molecule has 5 nitrogen and oxygen atoms in total. The van der Waals surface area contributed by atoms with Crippen LogP contribution in [0.15, 0.2) is 23.2 Å². The second-order valence-corrected chi connectivity index (χ2v) is 4.86. The van der Waals surface area contributed by atoms with Crippen LogP contribution in [0, 0.1) is 0 Å². The minimum absolute atomic E-state index is 0. The zero-order chi connectivity index (χ0) is 15.5. The first-order chi connectivity index (χ1) is 10.2. The van der Waals surface area contributed by atoms with Crippen LogP contribution in [0.3, 0.4) is 0 Å². The van der Waals surface area contributed by atoms with Gasteiger partial charge < -0.3 is 20.5 Å². The second kappa shape index (κ2) is 12.8. The molecule has 0 radical (unpaired) electrons. The summed E-state index contributed by atoms with van der Waals surface area (Å²) in [5.74, 6) is 1.21. The number of benzene rings is 1. The third-order valence-electron chi connectivity index (χ3n) is 2.89. The van der Waals surface area contributed by atoms with E-state index in [4.69, 9.17) is 26.8 Å². The molecule has 0 fully saturated rings. The van der Waals surface area contributed by atoms with E-state index in [0.29, 0.717) is 24.1 Å². The number of nitrogens with one attached hydrogen (secondary N) is 1. The smallest absolute Gasteiger partial charge is 0.188 e. The highest BCUT2D eigenvalue weighted by atomic mass is 127. The summed E-state index contributed by atoms with van der Waals surface area (Å²) in [6.45, 7) is 4.78. The van der Waals surface area contributed by atoms with E-state index in [1.54, 1.807) is 7.11 Å². The van der Waals surface area contributed by atoms with Crippen molar-refractivity contribution in [2.75, 3.05) is 33.4 Å². The zero-order valence-electron chi connectivity index (χ0n) is 13.1. The van der Waals surface area contributed by atoms with Crippen LogP contribution < -0.4 is 15.8 Å². The second-order valence-electron chi connectivity index (χ2n) is 4.45. The van der Waals surface area contributed by atoms with Crippen molar-refractivity contribution in [1.29, 1.82) is 0 Å². The van der Waals surface area contributed by atoms with Crippen LogP contribution in [-0.2, 0) is 11.2 Å². The predicted octanol–water partition coefficient (Wildman–Crippen LogP) is 2.84. The molecule has 7 heteroatoms. The van der Waals surface area contributed by atoms with E-state index in [1.807, 2.05) is 25.1 Å². The fraction of sp³-hybridized carbons (Fsp3) is 0.533. The molecular formula is C15H25ClIN3O2. The minimum atomic E-state index is 0. The van der Waals surface area contributed by atoms with Crippen LogP contribution in [0.2, 0.25) is 5.02 Å². The molecule has 0 heterocycles. The maximum Gasteiger partial charge on any atom is 0.188 e. The minimum Gasteiger partial charge on any atom is -0.497 e. The van der Waals surface area contributed by atoms with Crippen molar-refractivity contribution in [3.05, 3.63) is 28.8 Å². The monoisotopic (exact) mass is 441 g/mol. The number of hydrogen-bond donors (Lipinski definition) is 2. The van der Waals surface area contributed by atoms with Crippen molar-refractivity contribution < 1.29 is 9.47 Å². The van der Waals surface area contributed by atoms with E-state index in [2.05, 4.69) is 10.3 Å². The molecule has 0 unspecified atom stereocenters. The maximum absolute atomic E-state index is 6.17. The van der Waals surface area contributed by atoms with Gasteiger partial charge in [-0.3, -0.25) is 4.99 Å². The number of halogens is 2. The Balaban J connectivity index is 0.00000441. The SMILES string of the molecule is CCOCCCN=C(N)NCCc1ccc(OC)cc1Cl.I. The first kappa shape index (κ1) is 21.3.